The van der Waals surface area contributed by atoms with Crippen molar-refractivity contribution in [3.05, 3.63) is 5.82 Å². The van der Waals surface area contributed by atoms with Crippen LogP contribution in [0.1, 0.15) is 32.0 Å². The van der Waals surface area contributed by atoms with Crippen molar-refractivity contribution in [2.45, 2.75) is 39.2 Å². The largest absolute Gasteiger partial charge is 0.343 e. The second-order valence-corrected chi connectivity index (χ2v) is 5.05. The molecule has 1 aromatic rings. The lowest BCUT2D eigenvalue weighted by Gasteiger charge is -2.34. The van der Waals surface area contributed by atoms with Crippen molar-refractivity contribution in [1.29, 1.82) is 0 Å². The Morgan fingerprint density at radius 1 is 1.56 bits per heavy atom. The zero-order valence-electron chi connectivity index (χ0n) is 10.1. The van der Waals surface area contributed by atoms with Gasteiger partial charge in [0, 0.05) is 30.7 Å². The molecule has 5 heteroatoms. The smallest absolute Gasteiger partial charge is 0.205 e. The average Bonchev–Trinajstić information content (AvgIpc) is 2.74. The molecular formula is C11H20N4S. The van der Waals surface area contributed by atoms with E-state index in [4.69, 9.17) is 0 Å². The van der Waals surface area contributed by atoms with Gasteiger partial charge in [0.15, 0.2) is 0 Å². The van der Waals surface area contributed by atoms with E-state index in [-0.39, 0.29) is 0 Å². The second-order valence-electron chi connectivity index (χ2n) is 4.32. The van der Waals surface area contributed by atoms with Crippen LogP contribution in [0.25, 0.3) is 0 Å². The fourth-order valence-corrected chi connectivity index (χ4v) is 2.95. The van der Waals surface area contributed by atoms with Gasteiger partial charge in [-0.25, -0.2) is 4.98 Å². The monoisotopic (exact) mass is 240 g/mol. The van der Waals surface area contributed by atoms with Gasteiger partial charge in [0.25, 0.3) is 0 Å². The maximum atomic E-state index is 4.51. The third-order valence-corrected chi connectivity index (χ3v) is 3.78. The van der Waals surface area contributed by atoms with E-state index in [1.807, 2.05) is 6.92 Å². The zero-order chi connectivity index (χ0) is 11.4. The first-order valence-electron chi connectivity index (χ1n) is 6.09. The standard InChI is InChI=1S/C11H20N4S/c1-3-7-15(10-5-4-6-12-8-10)11-13-9(2)14-16-11/h10,12H,3-8H2,1-2H3. The van der Waals surface area contributed by atoms with E-state index in [0.29, 0.717) is 6.04 Å². The number of aromatic nitrogens is 2. The summed E-state index contributed by atoms with van der Waals surface area (Å²) in [5, 5.41) is 4.56. The summed E-state index contributed by atoms with van der Waals surface area (Å²) in [6.45, 7) is 7.51. The number of nitrogens with zero attached hydrogens (tertiary/aromatic N) is 3. The minimum absolute atomic E-state index is 0.598. The Bertz CT molecular complexity index is 320. The predicted molar refractivity (Wildman–Crippen MR) is 68.2 cm³/mol. The Balaban J connectivity index is 2.09. The minimum atomic E-state index is 0.598. The van der Waals surface area contributed by atoms with Gasteiger partial charge >= 0.3 is 0 Å². The van der Waals surface area contributed by atoms with Crippen LogP contribution in [0.2, 0.25) is 0 Å². The molecule has 0 saturated carbocycles. The Labute approximate surface area is 101 Å². The van der Waals surface area contributed by atoms with Gasteiger partial charge in [0.1, 0.15) is 5.82 Å². The molecule has 0 amide bonds. The van der Waals surface area contributed by atoms with Crippen molar-refractivity contribution in [2.24, 2.45) is 0 Å². The molecule has 1 unspecified atom stereocenters. The summed E-state index contributed by atoms with van der Waals surface area (Å²) < 4.78 is 4.28. The lowest BCUT2D eigenvalue weighted by Crippen LogP contribution is -2.46. The van der Waals surface area contributed by atoms with Crippen LogP contribution in [-0.2, 0) is 0 Å². The van der Waals surface area contributed by atoms with Crippen LogP contribution in [0.5, 0.6) is 0 Å². The molecule has 0 radical (unpaired) electrons. The number of anilines is 1. The molecule has 1 N–H and O–H groups in total. The zero-order valence-corrected chi connectivity index (χ0v) is 10.9. The third kappa shape index (κ3) is 2.71. The highest BCUT2D eigenvalue weighted by Gasteiger charge is 2.22. The van der Waals surface area contributed by atoms with Crippen molar-refractivity contribution in [1.82, 2.24) is 14.7 Å². The summed E-state index contributed by atoms with van der Waals surface area (Å²) in [5.74, 6) is 0.893. The molecule has 16 heavy (non-hydrogen) atoms. The number of rotatable bonds is 4. The molecule has 2 heterocycles. The van der Waals surface area contributed by atoms with E-state index < -0.39 is 0 Å². The van der Waals surface area contributed by atoms with Gasteiger partial charge < -0.3 is 10.2 Å². The summed E-state index contributed by atoms with van der Waals surface area (Å²) >= 11 is 1.53. The maximum absolute atomic E-state index is 4.51. The van der Waals surface area contributed by atoms with Gasteiger partial charge in [-0.3, -0.25) is 0 Å². The van der Waals surface area contributed by atoms with Crippen molar-refractivity contribution >= 4 is 16.7 Å². The molecule has 1 aliphatic rings. The molecule has 90 valence electrons. The van der Waals surface area contributed by atoms with E-state index in [2.05, 4.69) is 26.5 Å². The molecule has 0 aliphatic carbocycles. The number of piperidine rings is 1. The lowest BCUT2D eigenvalue weighted by atomic mass is 10.1. The normalized spacial score (nSPS) is 21.0. The van der Waals surface area contributed by atoms with Crippen LogP contribution in [0.4, 0.5) is 5.13 Å². The summed E-state index contributed by atoms with van der Waals surface area (Å²) in [4.78, 5) is 6.94. The minimum Gasteiger partial charge on any atom is -0.343 e. The van der Waals surface area contributed by atoms with Crippen molar-refractivity contribution < 1.29 is 0 Å². The van der Waals surface area contributed by atoms with Crippen LogP contribution in [0.3, 0.4) is 0 Å². The number of hydrogen-bond donors (Lipinski definition) is 1. The van der Waals surface area contributed by atoms with Crippen molar-refractivity contribution in [3.8, 4) is 0 Å². The van der Waals surface area contributed by atoms with Crippen LogP contribution in [0.15, 0.2) is 0 Å². The molecule has 1 aromatic heterocycles. The summed E-state index contributed by atoms with van der Waals surface area (Å²) in [7, 11) is 0. The van der Waals surface area contributed by atoms with E-state index >= 15 is 0 Å². The molecule has 0 aromatic carbocycles. The van der Waals surface area contributed by atoms with Crippen LogP contribution in [0, 0.1) is 6.92 Å². The fraction of sp³-hybridized carbons (Fsp3) is 0.818. The van der Waals surface area contributed by atoms with Crippen molar-refractivity contribution in [2.75, 3.05) is 24.5 Å². The van der Waals surface area contributed by atoms with E-state index in [9.17, 15) is 0 Å². The first-order chi connectivity index (χ1) is 7.81. The highest BCUT2D eigenvalue weighted by atomic mass is 32.1. The van der Waals surface area contributed by atoms with Gasteiger partial charge in [-0.2, -0.15) is 4.37 Å². The first kappa shape index (κ1) is 11.8. The topological polar surface area (TPSA) is 41.1 Å². The van der Waals surface area contributed by atoms with Crippen molar-refractivity contribution in [3.63, 3.8) is 0 Å². The summed E-state index contributed by atoms with van der Waals surface area (Å²) in [6.07, 6.45) is 3.70. The molecule has 0 spiro atoms. The lowest BCUT2D eigenvalue weighted by molar-refractivity contribution is 0.430. The highest BCUT2D eigenvalue weighted by Crippen LogP contribution is 2.22. The molecule has 1 saturated heterocycles. The first-order valence-corrected chi connectivity index (χ1v) is 6.86. The van der Waals surface area contributed by atoms with Gasteiger partial charge in [0.2, 0.25) is 5.13 Å². The van der Waals surface area contributed by atoms with E-state index in [1.165, 1.54) is 24.4 Å². The van der Waals surface area contributed by atoms with E-state index in [1.54, 1.807) is 0 Å². The highest BCUT2D eigenvalue weighted by molar-refractivity contribution is 7.09. The Hall–Kier alpha value is -0.680. The van der Waals surface area contributed by atoms with Crippen LogP contribution in [-0.4, -0.2) is 35.0 Å². The maximum Gasteiger partial charge on any atom is 0.205 e. The Morgan fingerprint density at radius 3 is 3.00 bits per heavy atom. The number of hydrogen-bond acceptors (Lipinski definition) is 5. The number of aryl methyl sites for hydroxylation is 1. The molecule has 1 fully saturated rings. The molecule has 1 atom stereocenters. The quantitative estimate of drug-likeness (QED) is 0.871. The Morgan fingerprint density at radius 2 is 2.44 bits per heavy atom. The Kier molecular flexibility index (Phi) is 4.12. The van der Waals surface area contributed by atoms with Gasteiger partial charge in [-0.15, -0.1) is 0 Å². The average molecular weight is 240 g/mol. The SMILES string of the molecule is CCCN(c1nc(C)ns1)C1CCCNC1. The van der Waals surface area contributed by atoms with Gasteiger partial charge in [-0.1, -0.05) is 6.92 Å². The summed E-state index contributed by atoms with van der Waals surface area (Å²) in [6, 6.07) is 0.598. The molecule has 1 aliphatic heterocycles. The predicted octanol–water partition coefficient (Wildman–Crippen LogP) is 1.81. The summed E-state index contributed by atoms with van der Waals surface area (Å²) in [5.41, 5.74) is 0. The van der Waals surface area contributed by atoms with Gasteiger partial charge in [-0.05, 0) is 32.7 Å². The second kappa shape index (κ2) is 5.59. The molecular weight excluding hydrogens is 220 g/mol. The molecule has 4 nitrogen and oxygen atoms in total. The molecule has 2 rings (SSSR count). The number of nitrogens with one attached hydrogen (secondary N) is 1. The van der Waals surface area contributed by atoms with Crippen LogP contribution < -0.4 is 10.2 Å². The van der Waals surface area contributed by atoms with E-state index in [0.717, 1.165) is 37.0 Å². The third-order valence-electron chi connectivity index (χ3n) is 2.94. The fourth-order valence-electron chi connectivity index (χ4n) is 2.18. The van der Waals surface area contributed by atoms with Gasteiger partial charge in [0.05, 0.1) is 0 Å². The molecule has 0 bridgehead atoms. The van der Waals surface area contributed by atoms with Crippen LogP contribution >= 0.6 is 11.5 Å².